The minimum absolute atomic E-state index is 0.211. The molecule has 1 aliphatic rings. The number of amides is 1. The van der Waals surface area contributed by atoms with Crippen LogP contribution in [0.5, 0.6) is 0 Å². The first-order valence-corrected chi connectivity index (χ1v) is 13.4. The summed E-state index contributed by atoms with van der Waals surface area (Å²) in [5, 5.41) is 15.1. The number of carbonyl (C=O) groups excluding carboxylic acids is 1. The number of benzene rings is 2. The summed E-state index contributed by atoms with van der Waals surface area (Å²) in [5.41, 5.74) is 5.43. The molecule has 0 bridgehead atoms. The average Bonchev–Trinajstić information content (AvgIpc) is 3.34. The van der Waals surface area contributed by atoms with Crippen LogP contribution >= 0.6 is 0 Å². The topological polar surface area (TPSA) is 79.9 Å². The fourth-order valence-electron chi connectivity index (χ4n) is 5.12. The van der Waals surface area contributed by atoms with Gasteiger partial charge in [0.2, 0.25) is 0 Å². The van der Waals surface area contributed by atoms with Gasteiger partial charge in [-0.05, 0) is 77.7 Å². The fourth-order valence-corrected chi connectivity index (χ4v) is 5.12. The number of allylic oxidation sites excluding steroid dienone is 1. The number of ether oxygens (including phenoxy) is 1. The predicted octanol–water partition coefficient (Wildman–Crippen LogP) is 4.86. The van der Waals surface area contributed by atoms with Crippen molar-refractivity contribution in [3.8, 4) is 17.3 Å². The first-order chi connectivity index (χ1) is 19.4. The van der Waals surface area contributed by atoms with E-state index >= 15 is 0 Å². The van der Waals surface area contributed by atoms with Gasteiger partial charge in [0.25, 0.3) is 5.91 Å². The van der Waals surface area contributed by atoms with Gasteiger partial charge in [0, 0.05) is 36.3 Å². The normalized spacial score (nSPS) is 16.2. The lowest BCUT2D eigenvalue weighted by molar-refractivity contribution is 0.0952. The Hall–Kier alpha value is -4.54. The van der Waals surface area contributed by atoms with Crippen LogP contribution in [0.4, 0.5) is 4.39 Å². The van der Waals surface area contributed by atoms with Gasteiger partial charge in [-0.1, -0.05) is 31.2 Å². The summed E-state index contributed by atoms with van der Waals surface area (Å²) in [7, 11) is 1.89. The molecule has 7 heteroatoms. The number of nitriles is 1. The van der Waals surface area contributed by atoms with Crippen LogP contribution in [0.1, 0.15) is 47.7 Å². The zero-order valence-corrected chi connectivity index (χ0v) is 22.9. The largest absolute Gasteiger partial charge is 0.375 e. The van der Waals surface area contributed by atoms with E-state index in [4.69, 9.17) is 9.72 Å². The minimum Gasteiger partial charge on any atom is -0.375 e. The number of nitrogens with zero attached hydrogens (tertiary/aromatic N) is 3. The van der Waals surface area contributed by atoms with Crippen LogP contribution in [0.15, 0.2) is 66.4 Å². The highest BCUT2D eigenvalue weighted by molar-refractivity contribution is 5.95. The molecule has 0 fully saturated rings. The minimum atomic E-state index is -0.377. The molecule has 2 aromatic heterocycles. The van der Waals surface area contributed by atoms with Crippen LogP contribution in [0.2, 0.25) is 0 Å². The molecule has 2 aromatic carbocycles. The van der Waals surface area contributed by atoms with Crippen molar-refractivity contribution in [2.45, 2.75) is 32.8 Å². The van der Waals surface area contributed by atoms with Crippen molar-refractivity contribution in [2.75, 3.05) is 13.2 Å². The highest BCUT2D eigenvalue weighted by Crippen LogP contribution is 2.29. The number of fused-ring (bicyclic) bond motifs is 2. The van der Waals surface area contributed by atoms with Crippen LogP contribution < -0.4 is 15.9 Å². The van der Waals surface area contributed by atoms with Crippen molar-refractivity contribution in [3.05, 3.63) is 99.5 Å². The summed E-state index contributed by atoms with van der Waals surface area (Å²) in [6.07, 6.45) is 8.71. The third-order valence-electron chi connectivity index (χ3n) is 7.24. The summed E-state index contributed by atoms with van der Waals surface area (Å²) in [6.45, 7) is 5.08. The van der Waals surface area contributed by atoms with E-state index in [1.165, 1.54) is 12.1 Å². The SMILES string of the molecule is C/C=c1/ccc(-c2cc(F)cc3c2ccn3C)n/c1=C/C(=C/CC)CNC(=O)c1ccc2c(c1)C(C#N)COC2. The molecular weight excluding hydrogens is 503 g/mol. The quantitative estimate of drug-likeness (QED) is 0.383. The van der Waals surface area contributed by atoms with E-state index in [2.05, 4.69) is 17.5 Å². The second-order valence-corrected chi connectivity index (χ2v) is 9.90. The summed E-state index contributed by atoms with van der Waals surface area (Å²) in [5.74, 6) is -0.901. The molecule has 1 unspecified atom stereocenters. The van der Waals surface area contributed by atoms with Gasteiger partial charge in [-0.15, -0.1) is 0 Å². The van der Waals surface area contributed by atoms with E-state index in [9.17, 15) is 14.4 Å². The number of nitrogens with one attached hydrogen (secondary N) is 1. The third kappa shape index (κ3) is 5.45. The zero-order valence-electron chi connectivity index (χ0n) is 22.9. The second-order valence-electron chi connectivity index (χ2n) is 9.90. The molecule has 0 spiro atoms. The van der Waals surface area contributed by atoms with Crippen LogP contribution in [-0.2, 0) is 18.4 Å². The predicted molar refractivity (Wildman–Crippen MR) is 155 cm³/mol. The maximum atomic E-state index is 14.5. The molecule has 1 N–H and O–H groups in total. The number of carbonyl (C=O) groups is 1. The Kier molecular flexibility index (Phi) is 7.90. The van der Waals surface area contributed by atoms with Gasteiger partial charge in [-0.25, -0.2) is 9.37 Å². The molecule has 6 nitrogen and oxygen atoms in total. The number of rotatable bonds is 6. The van der Waals surface area contributed by atoms with Gasteiger partial charge in [-0.3, -0.25) is 4.79 Å². The van der Waals surface area contributed by atoms with E-state index < -0.39 is 0 Å². The number of halogens is 1. The Balaban J connectivity index is 1.45. The highest BCUT2D eigenvalue weighted by atomic mass is 19.1. The Morgan fingerprint density at radius 1 is 1.25 bits per heavy atom. The van der Waals surface area contributed by atoms with Crippen molar-refractivity contribution < 1.29 is 13.9 Å². The molecule has 1 atom stereocenters. The number of hydrogen-bond acceptors (Lipinski definition) is 4. The Bertz CT molecular complexity index is 1800. The number of hydrogen-bond donors (Lipinski definition) is 1. The summed E-state index contributed by atoms with van der Waals surface area (Å²) < 4.78 is 21.9. The molecule has 0 aliphatic carbocycles. The molecule has 0 saturated carbocycles. The molecule has 5 rings (SSSR count). The molecule has 202 valence electrons. The van der Waals surface area contributed by atoms with E-state index in [0.717, 1.165) is 50.2 Å². The molecule has 0 saturated heterocycles. The fraction of sp³-hybridized carbons (Fsp3) is 0.242. The van der Waals surface area contributed by atoms with Crippen LogP contribution in [0, 0.1) is 17.1 Å². The lowest BCUT2D eigenvalue weighted by Crippen LogP contribution is -2.30. The van der Waals surface area contributed by atoms with Gasteiger partial charge >= 0.3 is 0 Å². The van der Waals surface area contributed by atoms with Crippen molar-refractivity contribution in [1.29, 1.82) is 5.26 Å². The highest BCUT2D eigenvalue weighted by Gasteiger charge is 2.22. The summed E-state index contributed by atoms with van der Waals surface area (Å²) >= 11 is 0. The van der Waals surface area contributed by atoms with E-state index in [-0.39, 0.29) is 17.6 Å². The van der Waals surface area contributed by atoms with Gasteiger partial charge in [0.1, 0.15) is 5.82 Å². The van der Waals surface area contributed by atoms with Gasteiger partial charge in [0.15, 0.2) is 0 Å². The second kappa shape index (κ2) is 11.7. The number of aryl methyl sites for hydroxylation is 1. The maximum absolute atomic E-state index is 14.5. The number of pyridine rings is 1. The third-order valence-corrected chi connectivity index (χ3v) is 7.24. The maximum Gasteiger partial charge on any atom is 0.251 e. The summed E-state index contributed by atoms with van der Waals surface area (Å²) in [6, 6.07) is 16.6. The Labute approximate surface area is 232 Å². The average molecular weight is 535 g/mol. The van der Waals surface area contributed by atoms with Gasteiger partial charge in [0.05, 0.1) is 41.8 Å². The molecule has 1 amide bonds. The van der Waals surface area contributed by atoms with Gasteiger partial charge in [-0.2, -0.15) is 5.26 Å². The van der Waals surface area contributed by atoms with Crippen molar-refractivity contribution >= 4 is 29.0 Å². The Morgan fingerprint density at radius 3 is 2.88 bits per heavy atom. The van der Waals surface area contributed by atoms with Crippen LogP contribution in [0.3, 0.4) is 0 Å². The monoisotopic (exact) mass is 534 g/mol. The van der Waals surface area contributed by atoms with E-state index in [1.807, 2.05) is 68.1 Å². The first-order valence-electron chi connectivity index (χ1n) is 13.4. The molecule has 1 aliphatic heterocycles. The Morgan fingerprint density at radius 2 is 2.10 bits per heavy atom. The lowest BCUT2D eigenvalue weighted by Gasteiger charge is -2.21. The molecular formula is C33H31FN4O2. The van der Waals surface area contributed by atoms with Crippen molar-refractivity contribution in [3.63, 3.8) is 0 Å². The molecule has 3 heterocycles. The summed E-state index contributed by atoms with van der Waals surface area (Å²) in [4.78, 5) is 18.0. The van der Waals surface area contributed by atoms with Crippen LogP contribution in [0.25, 0.3) is 34.3 Å². The standard InChI is InChI=1S/C33H31FN4O2/c1-4-6-21(18-36-33(39)23-7-8-24-19-40-20-25(17-35)28(24)14-23)13-31-22(5-2)9-10-30(37-31)29-15-26(34)16-32-27(29)11-12-38(32)3/h5-16,25H,4,18-20H2,1-3H3,(H,36,39)/b21-6-,22-5-,31-13+. The molecule has 4 aromatic rings. The van der Waals surface area contributed by atoms with Gasteiger partial charge < -0.3 is 14.6 Å². The number of aromatic nitrogens is 2. The molecule has 0 radical (unpaired) electrons. The smallest absolute Gasteiger partial charge is 0.251 e. The van der Waals surface area contributed by atoms with Crippen molar-refractivity contribution in [2.24, 2.45) is 7.05 Å². The lowest BCUT2D eigenvalue weighted by atomic mass is 9.92. The first kappa shape index (κ1) is 27.0. The molecule has 40 heavy (non-hydrogen) atoms. The van der Waals surface area contributed by atoms with Crippen LogP contribution in [-0.4, -0.2) is 28.6 Å². The zero-order chi connectivity index (χ0) is 28.2. The van der Waals surface area contributed by atoms with E-state index in [0.29, 0.717) is 31.0 Å². The van der Waals surface area contributed by atoms with E-state index in [1.54, 1.807) is 12.1 Å². The van der Waals surface area contributed by atoms with Crippen molar-refractivity contribution in [1.82, 2.24) is 14.9 Å².